The summed E-state index contributed by atoms with van der Waals surface area (Å²) in [4.78, 5) is 38.1. The van der Waals surface area contributed by atoms with Gasteiger partial charge in [-0.05, 0) is 70.6 Å². The van der Waals surface area contributed by atoms with Crippen LogP contribution >= 0.6 is 0 Å². The molecule has 0 aliphatic rings. The average molecular weight is 899 g/mol. The van der Waals surface area contributed by atoms with E-state index in [0.29, 0.717) is 19.3 Å². The molecule has 0 radical (unpaired) electrons. The van der Waals surface area contributed by atoms with Crippen molar-refractivity contribution in [3.63, 3.8) is 0 Å². The van der Waals surface area contributed by atoms with Crippen molar-refractivity contribution in [3.05, 3.63) is 36.5 Å². The molecule has 0 saturated heterocycles. The smallest absolute Gasteiger partial charge is 0.306 e. The Balaban J connectivity index is 4.31. The third-order valence-electron chi connectivity index (χ3n) is 12.4. The molecule has 0 saturated carbocycles. The molecule has 1 unspecified atom stereocenters. The van der Waals surface area contributed by atoms with Crippen LogP contribution in [0.2, 0.25) is 0 Å². The van der Waals surface area contributed by atoms with Crippen LogP contribution in [-0.2, 0) is 28.6 Å². The summed E-state index contributed by atoms with van der Waals surface area (Å²) in [5, 5.41) is 0. The summed E-state index contributed by atoms with van der Waals surface area (Å²) in [6.07, 6.45) is 62.8. The molecule has 0 spiro atoms. The number of rotatable bonds is 51. The third kappa shape index (κ3) is 50.6. The maximum absolute atomic E-state index is 12.8. The van der Waals surface area contributed by atoms with Crippen molar-refractivity contribution in [1.29, 1.82) is 0 Å². The standard InChI is InChI=1S/C58H106O6/c1-4-7-10-13-16-19-22-25-27-28-29-30-32-33-36-39-42-45-48-51-57(60)63-54-55(53-62-56(59)50-47-44-41-38-35-24-21-18-15-12-9-6-3)64-58(61)52-49-46-43-40-37-34-31-26-23-20-17-14-11-8-5-2/h9,12,18,20-21,23,55H,4-8,10-11,13-17,19,22,24-54H2,1-3H3/b12-9-,21-18-,23-20-. The fourth-order valence-electron chi connectivity index (χ4n) is 8.18. The van der Waals surface area contributed by atoms with Crippen LogP contribution in [-0.4, -0.2) is 37.2 Å². The van der Waals surface area contributed by atoms with Gasteiger partial charge in [-0.2, -0.15) is 0 Å². The van der Waals surface area contributed by atoms with Crippen molar-refractivity contribution < 1.29 is 28.6 Å². The van der Waals surface area contributed by atoms with Gasteiger partial charge < -0.3 is 14.2 Å². The van der Waals surface area contributed by atoms with Crippen LogP contribution in [0.5, 0.6) is 0 Å². The molecule has 0 N–H and O–H groups in total. The first-order chi connectivity index (χ1) is 31.5. The van der Waals surface area contributed by atoms with Gasteiger partial charge in [0, 0.05) is 19.3 Å². The van der Waals surface area contributed by atoms with E-state index in [1.54, 1.807) is 0 Å². The van der Waals surface area contributed by atoms with Crippen LogP contribution in [0.4, 0.5) is 0 Å². The second-order valence-corrected chi connectivity index (χ2v) is 18.8. The zero-order chi connectivity index (χ0) is 46.5. The molecular weight excluding hydrogens is 793 g/mol. The van der Waals surface area contributed by atoms with Gasteiger partial charge >= 0.3 is 17.9 Å². The van der Waals surface area contributed by atoms with Crippen molar-refractivity contribution in [2.24, 2.45) is 0 Å². The Kier molecular flexibility index (Phi) is 51.3. The fourth-order valence-corrected chi connectivity index (χ4v) is 8.18. The summed E-state index contributed by atoms with van der Waals surface area (Å²) in [6, 6.07) is 0. The number of unbranched alkanes of at least 4 members (excludes halogenated alkanes) is 34. The normalized spacial score (nSPS) is 12.2. The molecule has 0 aromatic heterocycles. The molecule has 0 fully saturated rings. The van der Waals surface area contributed by atoms with Gasteiger partial charge in [-0.15, -0.1) is 0 Å². The molecule has 374 valence electrons. The zero-order valence-electron chi connectivity index (χ0n) is 42.8. The van der Waals surface area contributed by atoms with Crippen molar-refractivity contribution in [2.75, 3.05) is 13.2 Å². The Hall–Kier alpha value is -2.37. The third-order valence-corrected chi connectivity index (χ3v) is 12.4. The van der Waals surface area contributed by atoms with E-state index < -0.39 is 6.10 Å². The van der Waals surface area contributed by atoms with Gasteiger partial charge in [0.25, 0.3) is 0 Å². The Morgan fingerprint density at radius 3 is 0.969 bits per heavy atom. The fraction of sp³-hybridized carbons (Fsp3) is 0.845. The van der Waals surface area contributed by atoms with Gasteiger partial charge in [0.05, 0.1) is 0 Å². The molecule has 0 aliphatic carbocycles. The van der Waals surface area contributed by atoms with Crippen LogP contribution in [0, 0.1) is 0 Å². The van der Waals surface area contributed by atoms with Crippen LogP contribution in [0.3, 0.4) is 0 Å². The monoisotopic (exact) mass is 899 g/mol. The maximum atomic E-state index is 12.8. The van der Waals surface area contributed by atoms with Gasteiger partial charge in [-0.1, -0.05) is 243 Å². The number of carbonyl (C=O) groups is 3. The lowest BCUT2D eigenvalue weighted by Crippen LogP contribution is -2.30. The summed E-state index contributed by atoms with van der Waals surface area (Å²) in [6.45, 7) is 6.54. The lowest BCUT2D eigenvalue weighted by Gasteiger charge is -2.18. The van der Waals surface area contributed by atoms with Gasteiger partial charge in [0.1, 0.15) is 13.2 Å². The second kappa shape index (κ2) is 53.2. The predicted octanol–water partition coefficient (Wildman–Crippen LogP) is 18.5. The highest BCUT2D eigenvalue weighted by atomic mass is 16.6. The Bertz CT molecular complexity index is 1080. The summed E-state index contributed by atoms with van der Waals surface area (Å²) in [7, 11) is 0. The number of ether oxygens (including phenoxy) is 3. The molecule has 0 aliphatic heterocycles. The molecule has 0 amide bonds. The van der Waals surface area contributed by atoms with E-state index in [-0.39, 0.29) is 31.1 Å². The number of hydrogen-bond acceptors (Lipinski definition) is 6. The number of esters is 3. The largest absolute Gasteiger partial charge is 0.462 e. The first kappa shape index (κ1) is 61.6. The van der Waals surface area contributed by atoms with Crippen LogP contribution in [0.15, 0.2) is 36.5 Å². The van der Waals surface area contributed by atoms with Gasteiger partial charge in [-0.3, -0.25) is 14.4 Å². The van der Waals surface area contributed by atoms with E-state index in [1.807, 2.05) is 0 Å². The number of hydrogen-bond donors (Lipinski definition) is 0. The minimum Gasteiger partial charge on any atom is -0.462 e. The highest BCUT2D eigenvalue weighted by Crippen LogP contribution is 2.16. The summed E-state index contributed by atoms with van der Waals surface area (Å²) in [5.74, 6) is -0.880. The molecular formula is C58H106O6. The van der Waals surface area contributed by atoms with Crippen molar-refractivity contribution in [2.45, 2.75) is 303 Å². The molecule has 0 aromatic rings. The van der Waals surface area contributed by atoms with Crippen LogP contribution in [0.1, 0.15) is 297 Å². The first-order valence-electron chi connectivity index (χ1n) is 28.0. The zero-order valence-corrected chi connectivity index (χ0v) is 42.8. The quantitative estimate of drug-likeness (QED) is 0.0262. The minimum atomic E-state index is -0.776. The molecule has 0 heterocycles. The molecule has 0 aromatic carbocycles. The van der Waals surface area contributed by atoms with Crippen LogP contribution in [0.25, 0.3) is 0 Å². The topological polar surface area (TPSA) is 78.9 Å². The predicted molar refractivity (Wildman–Crippen MR) is 275 cm³/mol. The van der Waals surface area contributed by atoms with E-state index in [9.17, 15) is 14.4 Å². The molecule has 64 heavy (non-hydrogen) atoms. The van der Waals surface area contributed by atoms with E-state index in [2.05, 4.69) is 57.2 Å². The molecule has 6 nitrogen and oxygen atoms in total. The second-order valence-electron chi connectivity index (χ2n) is 18.8. The van der Waals surface area contributed by atoms with Crippen molar-refractivity contribution >= 4 is 17.9 Å². The van der Waals surface area contributed by atoms with E-state index in [1.165, 1.54) is 173 Å². The lowest BCUT2D eigenvalue weighted by atomic mass is 10.0. The Morgan fingerprint density at radius 1 is 0.328 bits per heavy atom. The number of allylic oxidation sites excluding steroid dienone is 6. The lowest BCUT2D eigenvalue weighted by molar-refractivity contribution is -0.167. The Morgan fingerprint density at radius 2 is 0.609 bits per heavy atom. The highest BCUT2D eigenvalue weighted by Gasteiger charge is 2.19. The average Bonchev–Trinajstić information content (AvgIpc) is 3.29. The van der Waals surface area contributed by atoms with E-state index in [4.69, 9.17) is 14.2 Å². The van der Waals surface area contributed by atoms with Crippen molar-refractivity contribution in [3.8, 4) is 0 Å². The summed E-state index contributed by atoms with van der Waals surface area (Å²) < 4.78 is 16.8. The molecule has 1 atom stereocenters. The Labute approximate surface area is 397 Å². The van der Waals surface area contributed by atoms with Crippen molar-refractivity contribution in [1.82, 2.24) is 0 Å². The van der Waals surface area contributed by atoms with E-state index >= 15 is 0 Å². The first-order valence-corrected chi connectivity index (χ1v) is 28.0. The summed E-state index contributed by atoms with van der Waals surface area (Å²) in [5.41, 5.74) is 0. The van der Waals surface area contributed by atoms with Crippen LogP contribution < -0.4 is 0 Å². The molecule has 0 bridgehead atoms. The minimum absolute atomic E-state index is 0.0750. The maximum Gasteiger partial charge on any atom is 0.306 e. The molecule has 0 rings (SSSR count). The summed E-state index contributed by atoms with van der Waals surface area (Å²) >= 11 is 0. The molecule has 6 heteroatoms. The number of carbonyl (C=O) groups excluding carboxylic acids is 3. The SMILES string of the molecule is CC/C=C\C/C=C\CCCCCCCC(=O)OCC(COC(=O)CCCCCCCCCCCCCCCCCCCCC)OC(=O)CCCCCCCCC/C=C\CCCCCC. The van der Waals surface area contributed by atoms with Gasteiger partial charge in [0.15, 0.2) is 6.10 Å². The highest BCUT2D eigenvalue weighted by molar-refractivity contribution is 5.71. The van der Waals surface area contributed by atoms with Gasteiger partial charge in [-0.25, -0.2) is 0 Å². The van der Waals surface area contributed by atoms with Gasteiger partial charge in [0.2, 0.25) is 0 Å². The van der Waals surface area contributed by atoms with E-state index in [0.717, 1.165) is 83.5 Å².